The third-order valence-corrected chi connectivity index (χ3v) is 2.26. The number of carbonyl (C=O) groups is 1. The van der Waals surface area contributed by atoms with Gasteiger partial charge in [0, 0.05) is 6.07 Å². The molecule has 2 rings (SSSR count). The number of ether oxygens (including phenoxy) is 1. The summed E-state index contributed by atoms with van der Waals surface area (Å²) in [5.41, 5.74) is 0.284. The molecule has 0 bridgehead atoms. The molecule has 1 heterocycles. The smallest absolute Gasteiger partial charge is 0.273 e. The maximum Gasteiger partial charge on any atom is 0.273 e. The van der Waals surface area contributed by atoms with E-state index < -0.39 is 0 Å². The van der Waals surface area contributed by atoms with Gasteiger partial charge in [-0.25, -0.2) is 0 Å². The van der Waals surface area contributed by atoms with Crippen molar-refractivity contribution >= 4 is 5.91 Å². The fourth-order valence-corrected chi connectivity index (χ4v) is 1.41. The van der Waals surface area contributed by atoms with Crippen molar-refractivity contribution in [3.05, 3.63) is 47.9 Å². The average molecular weight is 246 g/mol. The molecular weight excluding hydrogens is 232 g/mol. The molecule has 2 aromatic rings. The molecular formula is C13H14N2O3. The van der Waals surface area contributed by atoms with E-state index in [4.69, 9.17) is 9.26 Å². The molecule has 0 radical (unpaired) electrons. The second-order valence-corrected chi connectivity index (χ2v) is 3.74. The van der Waals surface area contributed by atoms with Gasteiger partial charge in [0.25, 0.3) is 5.91 Å². The highest BCUT2D eigenvalue weighted by Crippen LogP contribution is 2.07. The summed E-state index contributed by atoms with van der Waals surface area (Å²) in [5, 5.41) is 6.32. The van der Waals surface area contributed by atoms with Crippen LogP contribution in [0.4, 0.5) is 0 Å². The Kier molecular flexibility index (Phi) is 3.96. The Hall–Kier alpha value is -2.30. The summed E-state index contributed by atoms with van der Waals surface area (Å²) in [6.45, 7) is 2.56. The van der Waals surface area contributed by atoms with Crippen LogP contribution in [0.25, 0.3) is 0 Å². The van der Waals surface area contributed by atoms with Crippen LogP contribution in [0.1, 0.15) is 16.2 Å². The van der Waals surface area contributed by atoms with Crippen LogP contribution in [-0.2, 0) is 0 Å². The third kappa shape index (κ3) is 3.35. The van der Waals surface area contributed by atoms with Gasteiger partial charge in [0.1, 0.15) is 18.1 Å². The van der Waals surface area contributed by atoms with Crippen molar-refractivity contribution < 1.29 is 14.1 Å². The predicted molar refractivity (Wildman–Crippen MR) is 65.5 cm³/mol. The van der Waals surface area contributed by atoms with Gasteiger partial charge in [-0.15, -0.1) is 0 Å². The van der Waals surface area contributed by atoms with Gasteiger partial charge in [0.2, 0.25) is 0 Å². The number of aryl methyl sites for hydroxylation is 1. The van der Waals surface area contributed by atoms with Crippen molar-refractivity contribution in [2.24, 2.45) is 0 Å². The topological polar surface area (TPSA) is 64.4 Å². The Morgan fingerprint density at radius 1 is 1.39 bits per heavy atom. The second kappa shape index (κ2) is 5.86. The van der Waals surface area contributed by atoms with E-state index in [1.807, 2.05) is 30.3 Å². The molecule has 5 heteroatoms. The Morgan fingerprint density at radius 2 is 2.17 bits per heavy atom. The summed E-state index contributed by atoms with van der Waals surface area (Å²) >= 11 is 0. The average Bonchev–Trinajstić information content (AvgIpc) is 2.82. The van der Waals surface area contributed by atoms with Gasteiger partial charge >= 0.3 is 0 Å². The Balaban J connectivity index is 1.71. The highest BCUT2D eigenvalue weighted by Gasteiger charge is 2.09. The van der Waals surface area contributed by atoms with Crippen LogP contribution in [-0.4, -0.2) is 24.2 Å². The molecule has 0 unspecified atom stereocenters. The number of aromatic nitrogens is 1. The molecule has 18 heavy (non-hydrogen) atoms. The SMILES string of the molecule is Cc1cc(C(=O)NCCOc2ccccc2)no1. The quantitative estimate of drug-likeness (QED) is 0.817. The molecule has 1 aromatic heterocycles. The predicted octanol–water partition coefficient (Wildman–Crippen LogP) is 1.79. The normalized spacial score (nSPS) is 10.1. The molecule has 1 amide bonds. The zero-order valence-electron chi connectivity index (χ0n) is 10.1. The lowest BCUT2D eigenvalue weighted by Crippen LogP contribution is -2.28. The number of hydrogen-bond donors (Lipinski definition) is 1. The van der Waals surface area contributed by atoms with Crippen LogP contribution in [0.2, 0.25) is 0 Å². The van der Waals surface area contributed by atoms with Crippen LogP contribution in [0, 0.1) is 6.92 Å². The minimum atomic E-state index is -0.261. The summed E-state index contributed by atoms with van der Waals surface area (Å²) < 4.78 is 10.3. The maximum atomic E-state index is 11.6. The van der Waals surface area contributed by atoms with Gasteiger partial charge < -0.3 is 14.6 Å². The van der Waals surface area contributed by atoms with Crippen molar-refractivity contribution in [1.82, 2.24) is 10.5 Å². The molecule has 0 spiro atoms. The summed E-state index contributed by atoms with van der Waals surface area (Å²) in [7, 11) is 0. The first-order valence-electron chi connectivity index (χ1n) is 5.65. The third-order valence-electron chi connectivity index (χ3n) is 2.26. The lowest BCUT2D eigenvalue weighted by Gasteiger charge is -2.06. The van der Waals surface area contributed by atoms with E-state index in [1.54, 1.807) is 13.0 Å². The fraction of sp³-hybridized carbons (Fsp3) is 0.231. The zero-order chi connectivity index (χ0) is 12.8. The first-order chi connectivity index (χ1) is 8.75. The highest BCUT2D eigenvalue weighted by molar-refractivity contribution is 5.92. The van der Waals surface area contributed by atoms with Gasteiger partial charge in [-0.1, -0.05) is 23.4 Å². The van der Waals surface area contributed by atoms with Crippen LogP contribution in [0.15, 0.2) is 40.9 Å². The molecule has 0 saturated heterocycles. The maximum absolute atomic E-state index is 11.6. The van der Waals surface area contributed by atoms with E-state index in [9.17, 15) is 4.79 Å². The highest BCUT2D eigenvalue weighted by atomic mass is 16.5. The molecule has 0 aliphatic heterocycles. The molecule has 0 aliphatic rings. The van der Waals surface area contributed by atoms with E-state index >= 15 is 0 Å². The monoisotopic (exact) mass is 246 g/mol. The standard InChI is InChI=1S/C13H14N2O3/c1-10-9-12(15-18-10)13(16)14-7-8-17-11-5-3-2-4-6-11/h2-6,9H,7-8H2,1H3,(H,14,16). The second-order valence-electron chi connectivity index (χ2n) is 3.74. The lowest BCUT2D eigenvalue weighted by atomic mass is 10.3. The number of nitrogens with zero attached hydrogens (tertiary/aromatic N) is 1. The molecule has 5 nitrogen and oxygen atoms in total. The summed E-state index contributed by atoms with van der Waals surface area (Å²) in [4.78, 5) is 11.6. The van der Waals surface area contributed by atoms with Gasteiger partial charge in [0.15, 0.2) is 5.69 Å². The Morgan fingerprint density at radius 3 is 2.83 bits per heavy atom. The molecule has 0 aliphatic carbocycles. The van der Waals surface area contributed by atoms with Gasteiger partial charge in [-0.05, 0) is 19.1 Å². The Labute approximate surface area is 105 Å². The number of para-hydroxylation sites is 1. The number of nitrogens with one attached hydrogen (secondary N) is 1. The van der Waals surface area contributed by atoms with Gasteiger partial charge in [0.05, 0.1) is 6.54 Å². The molecule has 1 N–H and O–H groups in total. The largest absolute Gasteiger partial charge is 0.492 e. The molecule has 0 fully saturated rings. The van der Waals surface area contributed by atoms with Crippen LogP contribution < -0.4 is 10.1 Å². The fourth-order valence-electron chi connectivity index (χ4n) is 1.41. The van der Waals surface area contributed by atoms with E-state index in [2.05, 4.69) is 10.5 Å². The summed E-state index contributed by atoms with van der Waals surface area (Å²) in [6.07, 6.45) is 0. The molecule has 0 atom stereocenters. The first-order valence-corrected chi connectivity index (χ1v) is 5.65. The molecule has 0 saturated carbocycles. The molecule has 1 aromatic carbocycles. The molecule has 94 valence electrons. The van der Waals surface area contributed by atoms with Crippen LogP contribution >= 0.6 is 0 Å². The van der Waals surface area contributed by atoms with Crippen molar-refractivity contribution in [3.8, 4) is 5.75 Å². The van der Waals surface area contributed by atoms with Crippen molar-refractivity contribution in [3.63, 3.8) is 0 Å². The number of rotatable bonds is 5. The number of benzene rings is 1. The number of amides is 1. The minimum Gasteiger partial charge on any atom is -0.492 e. The van der Waals surface area contributed by atoms with Crippen LogP contribution in [0.3, 0.4) is 0 Å². The first kappa shape index (κ1) is 12.2. The van der Waals surface area contributed by atoms with E-state index in [0.29, 0.717) is 18.9 Å². The Bertz CT molecular complexity index is 508. The van der Waals surface area contributed by atoms with E-state index in [-0.39, 0.29) is 11.6 Å². The van der Waals surface area contributed by atoms with E-state index in [1.165, 1.54) is 0 Å². The zero-order valence-corrected chi connectivity index (χ0v) is 10.1. The van der Waals surface area contributed by atoms with Crippen molar-refractivity contribution in [1.29, 1.82) is 0 Å². The number of hydrogen-bond acceptors (Lipinski definition) is 4. The van der Waals surface area contributed by atoms with Crippen molar-refractivity contribution in [2.75, 3.05) is 13.2 Å². The summed E-state index contributed by atoms with van der Waals surface area (Å²) in [5.74, 6) is 1.13. The lowest BCUT2D eigenvalue weighted by molar-refractivity contribution is 0.0938. The number of carbonyl (C=O) groups excluding carboxylic acids is 1. The van der Waals surface area contributed by atoms with Crippen LogP contribution in [0.5, 0.6) is 5.75 Å². The summed E-state index contributed by atoms with van der Waals surface area (Å²) in [6, 6.07) is 11.0. The van der Waals surface area contributed by atoms with Gasteiger partial charge in [-0.3, -0.25) is 4.79 Å². The van der Waals surface area contributed by atoms with E-state index in [0.717, 1.165) is 5.75 Å². The van der Waals surface area contributed by atoms with Gasteiger partial charge in [-0.2, -0.15) is 0 Å². The van der Waals surface area contributed by atoms with Crippen molar-refractivity contribution in [2.45, 2.75) is 6.92 Å². The minimum absolute atomic E-state index is 0.261.